The van der Waals surface area contributed by atoms with Crippen molar-refractivity contribution in [3.8, 4) is 5.75 Å². The molecule has 1 amide bonds. The average molecular weight is 264 g/mol. The van der Waals surface area contributed by atoms with Crippen molar-refractivity contribution < 1.29 is 9.53 Å². The van der Waals surface area contributed by atoms with E-state index in [-0.39, 0.29) is 18.0 Å². The molecular formula is C15H24N2O2. The van der Waals surface area contributed by atoms with Crippen molar-refractivity contribution in [3.63, 3.8) is 0 Å². The van der Waals surface area contributed by atoms with Gasteiger partial charge in [-0.3, -0.25) is 4.79 Å². The van der Waals surface area contributed by atoms with Crippen LogP contribution in [-0.2, 0) is 11.2 Å². The number of ether oxygens (including phenoxy) is 1. The molecule has 0 aromatic heterocycles. The van der Waals surface area contributed by atoms with E-state index in [1.165, 1.54) is 5.56 Å². The summed E-state index contributed by atoms with van der Waals surface area (Å²) in [6.07, 6.45) is 1.74. The van der Waals surface area contributed by atoms with Crippen molar-refractivity contribution in [1.29, 1.82) is 0 Å². The van der Waals surface area contributed by atoms with Crippen LogP contribution in [0.2, 0.25) is 0 Å². The van der Waals surface area contributed by atoms with Gasteiger partial charge in [0.1, 0.15) is 5.75 Å². The van der Waals surface area contributed by atoms with E-state index < -0.39 is 0 Å². The summed E-state index contributed by atoms with van der Waals surface area (Å²) in [4.78, 5) is 11.3. The maximum absolute atomic E-state index is 11.3. The van der Waals surface area contributed by atoms with E-state index >= 15 is 0 Å². The Morgan fingerprint density at radius 1 is 1.42 bits per heavy atom. The molecule has 0 aliphatic rings. The Morgan fingerprint density at radius 3 is 2.79 bits per heavy atom. The normalized spacial score (nSPS) is 11.2. The predicted molar refractivity (Wildman–Crippen MR) is 77.2 cm³/mol. The van der Waals surface area contributed by atoms with E-state index in [0.29, 0.717) is 6.61 Å². The second-order valence-electron chi connectivity index (χ2n) is 5.22. The zero-order valence-corrected chi connectivity index (χ0v) is 12.0. The van der Waals surface area contributed by atoms with Crippen LogP contribution in [0.1, 0.15) is 32.8 Å². The van der Waals surface area contributed by atoms with Gasteiger partial charge in [-0.15, -0.1) is 0 Å². The lowest BCUT2D eigenvalue weighted by atomic mass is 9.95. The fourth-order valence-electron chi connectivity index (χ4n) is 1.91. The maximum Gasteiger partial charge on any atom is 0.234 e. The predicted octanol–water partition coefficient (Wildman–Crippen LogP) is 1.87. The largest absolute Gasteiger partial charge is 0.494 e. The van der Waals surface area contributed by atoms with Crippen LogP contribution >= 0.6 is 0 Å². The van der Waals surface area contributed by atoms with Gasteiger partial charge in [-0.1, -0.05) is 12.1 Å². The fraction of sp³-hybridized carbons (Fsp3) is 0.533. The molecule has 0 atom stereocenters. The second kappa shape index (κ2) is 7.14. The van der Waals surface area contributed by atoms with E-state index in [9.17, 15) is 4.79 Å². The standard InChI is InChI=1S/C15H24N2O2/c1-4-19-13-7-5-6-12(10-13)8-9-15(2,3)17-14(18)11-16/h5-7,10H,4,8-9,11,16H2,1-3H3,(H,17,18). The lowest BCUT2D eigenvalue weighted by molar-refractivity contribution is -0.121. The number of amides is 1. The Labute approximate surface area is 115 Å². The number of hydrogen-bond acceptors (Lipinski definition) is 3. The Kier molecular flexibility index (Phi) is 5.83. The van der Waals surface area contributed by atoms with Gasteiger partial charge in [0.2, 0.25) is 5.91 Å². The minimum Gasteiger partial charge on any atom is -0.494 e. The Bertz CT molecular complexity index is 416. The van der Waals surface area contributed by atoms with Gasteiger partial charge in [-0.05, 0) is 51.3 Å². The van der Waals surface area contributed by atoms with E-state index in [1.807, 2.05) is 39.0 Å². The molecule has 3 N–H and O–H groups in total. The number of rotatable bonds is 7. The maximum atomic E-state index is 11.3. The van der Waals surface area contributed by atoms with Crippen molar-refractivity contribution in [2.75, 3.05) is 13.2 Å². The van der Waals surface area contributed by atoms with Crippen LogP contribution in [0, 0.1) is 0 Å². The van der Waals surface area contributed by atoms with Gasteiger partial charge in [-0.25, -0.2) is 0 Å². The number of hydrogen-bond donors (Lipinski definition) is 2. The van der Waals surface area contributed by atoms with Crippen molar-refractivity contribution in [2.24, 2.45) is 5.73 Å². The van der Waals surface area contributed by atoms with Crippen LogP contribution in [0.25, 0.3) is 0 Å². The average Bonchev–Trinajstić information content (AvgIpc) is 2.37. The highest BCUT2D eigenvalue weighted by molar-refractivity contribution is 5.78. The molecule has 4 heteroatoms. The summed E-state index contributed by atoms with van der Waals surface area (Å²) in [5, 5.41) is 2.92. The zero-order valence-electron chi connectivity index (χ0n) is 12.0. The third-order valence-corrected chi connectivity index (χ3v) is 2.91. The first kappa shape index (κ1) is 15.5. The summed E-state index contributed by atoms with van der Waals surface area (Å²) < 4.78 is 5.47. The van der Waals surface area contributed by atoms with Gasteiger partial charge in [0.05, 0.1) is 13.2 Å². The van der Waals surface area contributed by atoms with Crippen LogP contribution < -0.4 is 15.8 Å². The highest BCUT2D eigenvalue weighted by atomic mass is 16.5. The molecule has 1 rings (SSSR count). The van der Waals surface area contributed by atoms with Crippen LogP contribution in [0.15, 0.2) is 24.3 Å². The Balaban J connectivity index is 2.55. The number of benzene rings is 1. The number of carbonyl (C=O) groups excluding carboxylic acids is 1. The third kappa shape index (κ3) is 5.75. The summed E-state index contributed by atoms with van der Waals surface area (Å²) in [5.74, 6) is 0.775. The number of nitrogens with one attached hydrogen (secondary N) is 1. The Morgan fingerprint density at radius 2 is 2.16 bits per heavy atom. The quantitative estimate of drug-likeness (QED) is 0.790. The van der Waals surface area contributed by atoms with Gasteiger partial charge in [0, 0.05) is 5.54 Å². The van der Waals surface area contributed by atoms with Crippen LogP contribution in [0.3, 0.4) is 0 Å². The number of carbonyl (C=O) groups is 1. The summed E-state index contributed by atoms with van der Waals surface area (Å²) in [7, 11) is 0. The van der Waals surface area contributed by atoms with E-state index in [2.05, 4.69) is 11.4 Å². The van der Waals surface area contributed by atoms with Gasteiger partial charge in [-0.2, -0.15) is 0 Å². The molecule has 1 aromatic rings. The third-order valence-electron chi connectivity index (χ3n) is 2.91. The highest BCUT2D eigenvalue weighted by Crippen LogP contribution is 2.18. The summed E-state index contributed by atoms with van der Waals surface area (Å²) >= 11 is 0. The fourth-order valence-corrected chi connectivity index (χ4v) is 1.91. The van der Waals surface area contributed by atoms with Gasteiger partial charge in [0.25, 0.3) is 0 Å². The van der Waals surface area contributed by atoms with Crippen molar-refractivity contribution in [2.45, 2.75) is 39.2 Å². The van der Waals surface area contributed by atoms with Gasteiger partial charge in [0.15, 0.2) is 0 Å². The lowest BCUT2D eigenvalue weighted by Crippen LogP contribution is -2.46. The minimum absolute atomic E-state index is 0.0310. The van der Waals surface area contributed by atoms with E-state index in [4.69, 9.17) is 10.5 Å². The molecule has 0 fully saturated rings. The highest BCUT2D eigenvalue weighted by Gasteiger charge is 2.19. The zero-order chi connectivity index (χ0) is 14.3. The van der Waals surface area contributed by atoms with Crippen LogP contribution in [-0.4, -0.2) is 24.6 Å². The molecule has 19 heavy (non-hydrogen) atoms. The SMILES string of the molecule is CCOc1cccc(CCC(C)(C)NC(=O)CN)c1. The molecule has 0 bridgehead atoms. The molecule has 106 valence electrons. The van der Waals surface area contributed by atoms with Crippen LogP contribution in [0.4, 0.5) is 0 Å². The van der Waals surface area contributed by atoms with Crippen molar-refractivity contribution in [3.05, 3.63) is 29.8 Å². The smallest absolute Gasteiger partial charge is 0.234 e. The molecule has 0 radical (unpaired) electrons. The molecule has 0 saturated carbocycles. The Hall–Kier alpha value is -1.55. The van der Waals surface area contributed by atoms with Gasteiger partial charge < -0.3 is 15.8 Å². The first-order valence-corrected chi connectivity index (χ1v) is 6.69. The second-order valence-corrected chi connectivity index (χ2v) is 5.22. The topological polar surface area (TPSA) is 64.3 Å². The van der Waals surface area contributed by atoms with Crippen molar-refractivity contribution in [1.82, 2.24) is 5.32 Å². The van der Waals surface area contributed by atoms with E-state index in [1.54, 1.807) is 0 Å². The lowest BCUT2D eigenvalue weighted by Gasteiger charge is -2.26. The van der Waals surface area contributed by atoms with Gasteiger partial charge >= 0.3 is 0 Å². The van der Waals surface area contributed by atoms with E-state index in [0.717, 1.165) is 18.6 Å². The van der Waals surface area contributed by atoms with Crippen LogP contribution in [0.5, 0.6) is 5.75 Å². The molecule has 0 aliphatic heterocycles. The minimum atomic E-state index is -0.252. The van der Waals surface area contributed by atoms with Crippen molar-refractivity contribution >= 4 is 5.91 Å². The monoisotopic (exact) mass is 264 g/mol. The molecular weight excluding hydrogens is 240 g/mol. The molecule has 0 aliphatic carbocycles. The molecule has 0 saturated heterocycles. The number of aryl methyl sites for hydroxylation is 1. The summed E-state index contributed by atoms with van der Waals surface area (Å²) in [6.45, 7) is 6.68. The molecule has 0 unspecified atom stereocenters. The number of nitrogens with two attached hydrogens (primary N) is 1. The molecule has 4 nitrogen and oxygen atoms in total. The molecule has 0 heterocycles. The molecule has 0 spiro atoms. The molecule has 1 aromatic carbocycles. The summed E-state index contributed by atoms with van der Waals surface area (Å²) in [6, 6.07) is 8.06. The first-order valence-electron chi connectivity index (χ1n) is 6.69. The summed E-state index contributed by atoms with van der Waals surface area (Å²) in [5.41, 5.74) is 6.27. The first-order chi connectivity index (χ1) is 8.96.